The molecule has 0 aliphatic carbocycles. The van der Waals surface area contributed by atoms with Crippen LogP contribution in [0, 0.1) is 0 Å². The van der Waals surface area contributed by atoms with Gasteiger partial charge in [0.15, 0.2) is 0 Å². The molecule has 0 aliphatic heterocycles. The first-order valence-electron chi connectivity index (χ1n) is 4.90. The predicted molar refractivity (Wildman–Crippen MR) is 76.8 cm³/mol. The van der Waals surface area contributed by atoms with E-state index < -0.39 is 0 Å². The molecule has 0 aliphatic rings. The normalized spacial score (nSPS) is 12.4. The van der Waals surface area contributed by atoms with Crippen molar-refractivity contribution in [2.75, 3.05) is 0 Å². The van der Waals surface area contributed by atoms with Gasteiger partial charge >= 0.3 is 0 Å². The standard InChI is InChI=1S/C11H10ClNOS3/c1-6(8-2-3-10(12)17-8)13-11(14)9-4-7(15)5-16-9/h2-6,15H,1H3,(H,13,14). The Morgan fingerprint density at radius 1 is 1.53 bits per heavy atom. The summed E-state index contributed by atoms with van der Waals surface area (Å²) in [5.74, 6) is -0.0766. The second kappa shape index (κ2) is 5.44. The lowest BCUT2D eigenvalue weighted by atomic mass is 10.2. The van der Waals surface area contributed by atoms with Gasteiger partial charge in [-0.2, -0.15) is 0 Å². The highest BCUT2D eigenvalue weighted by Crippen LogP contribution is 2.27. The Balaban J connectivity index is 2.04. The fraction of sp³-hybridized carbons (Fsp3) is 0.182. The fourth-order valence-corrected chi connectivity index (χ4v) is 3.46. The van der Waals surface area contributed by atoms with Gasteiger partial charge in [-0.1, -0.05) is 11.6 Å². The molecule has 0 bridgehead atoms. The minimum atomic E-state index is -0.0766. The molecule has 2 aromatic rings. The second-order valence-corrected chi connectivity index (χ2v) is 6.68. The Morgan fingerprint density at radius 2 is 2.29 bits per heavy atom. The zero-order valence-electron chi connectivity index (χ0n) is 8.94. The lowest BCUT2D eigenvalue weighted by Gasteiger charge is -2.10. The summed E-state index contributed by atoms with van der Waals surface area (Å²) in [6, 6.07) is 5.49. The number of rotatable bonds is 3. The van der Waals surface area contributed by atoms with E-state index in [0.717, 1.165) is 14.1 Å². The van der Waals surface area contributed by atoms with Crippen molar-refractivity contribution >= 4 is 52.8 Å². The molecule has 1 atom stereocenters. The van der Waals surface area contributed by atoms with Gasteiger partial charge in [-0.3, -0.25) is 4.79 Å². The number of hydrogen-bond donors (Lipinski definition) is 2. The van der Waals surface area contributed by atoms with E-state index in [-0.39, 0.29) is 11.9 Å². The predicted octanol–water partition coefficient (Wildman–Crippen LogP) is 4.24. The van der Waals surface area contributed by atoms with E-state index in [4.69, 9.17) is 11.6 Å². The minimum Gasteiger partial charge on any atom is -0.344 e. The fourth-order valence-electron chi connectivity index (χ4n) is 1.35. The summed E-state index contributed by atoms with van der Waals surface area (Å²) in [5, 5.41) is 4.77. The Morgan fingerprint density at radius 3 is 2.82 bits per heavy atom. The van der Waals surface area contributed by atoms with Crippen molar-refractivity contribution in [1.82, 2.24) is 5.32 Å². The van der Waals surface area contributed by atoms with E-state index >= 15 is 0 Å². The molecule has 6 heteroatoms. The average Bonchev–Trinajstić information content (AvgIpc) is 2.87. The quantitative estimate of drug-likeness (QED) is 0.816. The SMILES string of the molecule is CC(NC(=O)c1cc(S)cs1)c1ccc(Cl)s1. The van der Waals surface area contributed by atoms with Crippen molar-refractivity contribution in [3.05, 3.63) is 37.7 Å². The van der Waals surface area contributed by atoms with E-state index in [1.165, 1.54) is 22.7 Å². The Hall–Kier alpha value is -0.490. The molecule has 0 radical (unpaired) electrons. The van der Waals surface area contributed by atoms with Crippen molar-refractivity contribution < 1.29 is 4.79 Å². The minimum absolute atomic E-state index is 0.0366. The lowest BCUT2D eigenvalue weighted by Crippen LogP contribution is -2.25. The van der Waals surface area contributed by atoms with Crippen molar-refractivity contribution in [3.8, 4) is 0 Å². The molecular formula is C11H10ClNOS3. The van der Waals surface area contributed by atoms with Crippen LogP contribution in [0.3, 0.4) is 0 Å². The highest BCUT2D eigenvalue weighted by atomic mass is 35.5. The molecule has 2 aromatic heterocycles. The number of hydrogen-bond acceptors (Lipinski definition) is 4. The maximum absolute atomic E-state index is 11.9. The third kappa shape index (κ3) is 3.25. The number of carbonyl (C=O) groups excluding carboxylic acids is 1. The molecule has 17 heavy (non-hydrogen) atoms. The molecule has 1 amide bonds. The zero-order chi connectivity index (χ0) is 12.4. The largest absolute Gasteiger partial charge is 0.344 e. The summed E-state index contributed by atoms with van der Waals surface area (Å²) >= 11 is 12.9. The second-order valence-electron chi connectivity index (χ2n) is 3.51. The Bertz CT molecular complexity index is 534. The number of amides is 1. The monoisotopic (exact) mass is 303 g/mol. The van der Waals surface area contributed by atoms with Gasteiger partial charge in [-0.15, -0.1) is 35.3 Å². The summed E-state index contributed by atoms with van der Waals surface area (Å²) in [6.07, 6.45) is 0. The van der Waals surface area contributed by atoms with Crippen molar-refractivity contribution in [2.24, 2.45) is 0 Å². The molecule has 0 fully saturated rings. The molecule has 0 saturated carbocycles. The van der Waals surface area contributed by atoms with Crippen molar-refractivity contribution in [2.45, 2.75) is 17.9 Å². The molecule has 1 N–H and O–H groups in total. The van der Waals surface area contributed by atoms with Crippen LogP contribution in [0.4, 0.5) is 0 Å². The first-order chi connectivity index (χ1) is 8.06. The van der Waals surface area contributed by atoms with E-state index in [1.807, 2.05) is 24.4 Å². The molecule has 0 saturated heterocycles. The molecule has 2 heterocycles. The van der Waals surface area contributed by atoms with Crippen LogP contribution in [0.15, 0.2) is 28.5 Å². The lowest BCUT2D eigenvalue weighted by molar-refractivity contribution is 0.0944. The molecule has 2 nitrogen and oxygen atoms in total. The summed E-state index contributed by atoms with van der Waals surface area (Å²) in [7, 11) is 0. The number of thiol groups is 1. The van der Waals surface area contributed by atoms with E-state index in [2.05, 4.69) is 17.9 Å². The first kappa shape index (κ1) is 13.0. The van der Waals surface area contributed by atoms with Crippen LogP contribution in [0.5, 0.6) is 0 Å². The zero-order valence-corrected chi connectivity index (χ0v) is 12.2. The van der Waals surface area contributed by atoms with Gasteiger partial charge in [-0.05, 0) is 25.1 Å². The van der Waals surface area contributed by atoms with E-state index in [9.17, 15) is 4.79 Å². The molecule has 1 unspecified atom stereocenters. The molecule has 0 spiro atoms. The summed E-state index contributed by atoms with van der Waals surface area (Å²) in [4.78, 5) is 14.4. The Labute approximate surface area is 118 Å². The third-order valence-electron chi connectivity index (χ3n) is 2.18. The molecular weight excluding hydrogens is 294 g/mol. The van der Waals surface area contributed by atoms with Crippen LogP contribution < -0.4 is 5.32 Å². The van der Waals surface area contributed by atoms with Crippen LogP contribution in [-0.4, -0.2) is 5.91 Å². The smallest absolute Gasteiger partial charge is 0.261 e. The van der Waals surface area contributed by atoms with Crippen LogP contribution in [0.1, 0.15) is 27.5 Å². The van der Waals surface area contributed by atoms with Gasteiger partial charge in [0.2, 0.25) is 0 Å². The van der Waals surface area contributed by atoms with Gasteiger partial charge in [0.25, 0.3) is 5.91 Å². The number of thiophene rings is 2. The van der Waals surface area contributed by atoms with Crippen LogP contribution >= 0.6 is 46.9 Å². The van der Waals surface area contributed by atoms with Crippen LogP contribution in [0.25, 0.3) is 0 Å². The van der Waals surface area contributed by atoms with Crippen molar-refractivity contribution in [1.29, 1.82) is 0 Å². The molecule has 2 rings (SSSR count). The van der Waals surface area contributed by atoms with Gasteiger partial charge in [-0.25, -0.2) is 0 Å². The first-order valence-corrected chi connectivity index (χ1v) is 7.42. The number of nitrogens with one attached hydrogen (secondary N) is 1. The van der Waals surface area contributed by atoms with Gasteiger partial charge in [0.1, 0.15) is 0 Å². The van der Waals surface area contributed by atoms with Crippen LogP contribution in [-0.2, 0) is 0 Å². The molecule has 90 valence electrons. The van der Waals surface area contributed by atoms with Gasteiger partial charge in [0, 0.05) is 15.2 Å². The average molecular weight is 304 g/mol. The number of halogens is 1. The highest BCUT2D eigenvalue weighted by molar-refractivity contribution is 7.80. The maximum atomic E-state index is 11.9. The summed E-state index contributed by atoms with van der Waals surface area (Å²) in [6.45, 7) is 1.94. The van der Waals surface area contributed by atoms with E-state index in [0.29, 0.717) is 4.88 Å². The van der Waals surface area contributed by atoms with Gasteiger partial charge in [0.05, 0.1) is 15.3 Å². The van der Waals surface area contributed by atoms with Crippen LogP contribution in [0.2, 0.25) is 4.34 Å². The summed E-state index contributed by atoms with van der Waals surface area (Å²) in [5.41, 5.74) is 0. The molecule has 0 aromatic carbocycles. The van der Waals surface area contributed by atoms with Gasteiger partial charge < -0.3 is 5.32 Å². The topological polar surface area (TPSA) is 29.1 Å². The number of carbonyl (C=O) groups is 1. The van der Waals surface area contributed by atoms with Crippen molar-refractivity contribution in [3.63, 3.8) is 0 Å². The highest BCUT2D eigenvalue weighted by Gasteiger charge is 2.14. The van der Waals surface area contributed by atoms with E-state index in [1.54, 1.807) is 6.07 Å². The Kier molecular flexibility index (Phi) is 4.14. The summed E-state index contributed by atoms with van der Waals surface area (Å²) < 4.78 is 0.731. The maximum Gasteiger partial charge on any atom is 0.261 e. The third-order valence-corrected chi connectivity index (χ3v) is 4.95.